The summed E-state index contributed by atoms with van der Waals surface area (Å²) in [5.74, 6) is -1.71. The lowest BCUT2D eigenvalue weighted by molar-refractivity contribution is -0.131. The Hall–Kier alpha value is -5.85. The van der Waals surface area contributed by atoms with Gasteiger partial charge in [-0.25, -0.2) is 4.79 Å². The molecule has 13 heteroatoms. The van der Waals surface area contributed by atoms with E-state index >= 15 is 0 Å². The first kappa shape index (κ1) is 37.0. The Morgan fingerprint density at radius 2 is 1.36 bits per heavy atom. The Kier molecular flexibility index (Phi) is 13.0. The zero-order chi connectivity index (χ0) is 36.1. The average Bonchev–Trinajstić information content (AvgIpc) is 3.48. The predicted molar refractivity (Wildman–Crippen MR) is 194 cm³/mol. The molecule has 0 aliphatic carbocycles. The molecular weight excluding hydrogens is 636 g/mol. The smallest absolute Gasteiger partial charge is 0.408 e. The summed E-state index contributed by atoms with van der Waals surface area (Å²) < 4.78 is 5.41. The monoisotopic (exact) mass is 682 g/mol. The number of para-hydroxylation sites is 2. The van der Waals surface area contributed by atoms with Crippen molar-refractivity contribution in [2.45, 2.75) is 70.2 Å². The number of aliphatic imine (C=N–C) groups is 1. The average molecular weight is 683 g/mol. The van der Waals surface area contributed by atoms with Gasteiger partial charge in [-0.15, -0.1) is 0 Å². The molecule has 4 rings (SSSR count). The number of aromatic nitrogens is 1. The number of guanidine groups is 1. The van der Waals surface area contributed by atoms with Crippen molar-refractivity contribution in [3.8, 4) is 0 Å². The van der Waals surface area contributed by atoms with Crippen LogP contribution in [-0.2, 0) is 32.0 Å². The van der Waals surface area contributed by atoms with Crippen LogP contribution in [0.25, 0.3) is 10.9 Å². The molecule has 0 spiro atoms. The maximum Gasteiger partial charge on any atom is 0.408 e. The van der Waals surface area contributed by atoms with Gasteiger partial charge in [0.25, 0.3) is 0 Å². The summed E-state index contributed by atoms with van der Waals surface area (Å²) >= 11 is 0. The quantitative estimate of drug-likeness (QED) is 0.0564. The molecule has 0 aliphatic heterocycles. The molecule has 13 nitrogen and oxygen atoms in total. The maximum atomic E-state index is 14.2. The van der Waals surface area contributed by atoms with Crippen molar-refractivity contribution in [3.05, 3.63) is 102 Å². The second-order valence-corrected chi connectivity index (χ2v) is 12.9. The minimum Gasteiger partial charge on any atom is -0.444 e. The number of ether oxygens (including phenoxy) is 1. The van der Waals surface area contributed by atoms with Gasteiger partial charge in [0.15, 0.2) is 5.96 Å². The SMILES string of the molecule is CC(C)(C)OC(=O)N[C@@H](CCCN=C(N)N)C(=O)N[C@@H](Cc1c[nH]c2ccccc12)C(=O)N[C@@H](Cc1ccccc1)C(=O)Nc1ccccc1. The van der Waals surface area contributed by atoms with Gasteiger partial charge in [-0.2, -0.15) is 0 Å². The molecule has 3 aromatic carbocycles. The van der Waals surface area contributed by atoms with Gasteiger partial charge in [0, 0.05) is 42.2 Å². The maximum absolute atomic E-state index is 14.2. The number of rotatable bonds is 15. The highest BCUT2D eigenvalue weighted by molar-refractivity contribution is 5.99. The summed E-state index contributed by atoms with van der Waals surface area (Å²) in [6.07, 6.45) is 1.78. The van der Waals surface area contributed by atoms with E-state index in [0.717, 1.165) is 22.0 Å². The first-order valence-corrected chi connectivity index (χ1v) is 16.5. The Balaban J connectivity index is 1.61. The molecule has 4 aromatic rings. The largest absolute Gasteiger partial charge is 0.444 e. The number of nitrogens with two attached hydrogens (primary N) is 2. The topological polar surface area (TPSA) is 206 Å². The van der Waals surface area contributed by atoms with Gasteiger partial charge < -0.3 is 42.5 Å². The molecular formula is C37H46N8O5. The second-order valence-electron chi connectivity index (χ2n) is 12.9. The highest BCUT2D eigenvalue weighted by atomic mass is 16.6. The number of nitrogens with zero attached hydrogens (tertiary/aromatic N) is 1. The van der Waals surface area contributed by atoms with Gasteiger partial charge in [0.05, 0.1) is 0 Å². The van der Waals surface area contributed by atoms with Crippen LogP contribution in [0, 0.1) is 0 Å². The summed E-state index contributed by atoms with van der Waals surface area (Å²) in [6, 6.07) is 22.7. The van der Waals surface area contributed by atoms with Crippen molar-refractivity contribution in [1.29, 1.82) is 0 Å². The number of aromatic amines is 1. The van der Waals surface area contributed by atoms with Gasteiger partial charge in [-0.3, -0.25) is 19.4 Å². The van der Waals surface area contributed by atoms with Gasteiger partial charge in [-0.1, -0.05) is 66.7 Å². The fourth-order valence-corrected chi connectivity index (χ4v) is 5.31. The van der Waals surface area contributed by atoms with Crippen LogP contribution < -0.4 is 32.7 Å². The van der Waals surface area contributed by atoms with Crippen molar-refractivity contribution >= 4 is 46.4 Å². The van der Waals surface area contributed by atoms with E-state index in [2.05, 4.69) is 31.2 Å². The summed E-state index contributed by atoms with van der Waals surface area (Å²) in [7, 11) is 0. The molecule has 3 atom stereocenters. The number of carbonyl (C=O) groups is 4. The molecule has 0 saturated heterocycles. The van der Waals surface area contributed by atoms with Gasteiger partial charge in [0.1, 0.15) is 23.7 Å². The number of carbonyl (C=O) groups excluding carboxylic acids is 4. The number of alkyl carbamates (subject to hydrolysis) is 1. The number of hydrogen-bond donors (Lipinski definition) is 7. The van der Waals surface area contributed by atoms with Crippen molar-refractivity contribution < 1.29 is 23.9 Å². The summed E-state index contributed by atoms with van der Waals surface area (Å²) in [5.41, 5.74) is 13.2. The minimum atomic E-state index is -1.13. The van der Waals surface area contributed by atoms with Gasteiger partial charge in [-0.05, 0) is 62.9 Å². The van der Waals surface area contributed by atoms with Crippen LogP contribution in [0.3, 0.4) is 0 Å². The number of amides is 4. The molecule has 0 radical (unpaired) electrons. The Bertz CT molecular complexity index is 1760. The van der Waals surface area contributed by atoms with Crippen molar-refractivity contribution in [2.75, 3.05) is 11.9 Å². The zero-order valence-electron chi connectivity index (χ0n) is 28.6. The van der Waals surface area contributed by atoms with E-state index in [4.69, 9.17) is 16.2 Å². The minimum absolute atomic E-state index is 0.0904. The molecule has 9 N–H and O–H groups in total. The Labute approximate surface area is 291 Å². The molecule has 0 unspecified atom stereocenters. The van der Waals surface area contributed by atoms with Crippen molar-refractivity contribution in [1.82, 2.24) is 20.9 Å². The third kappa shape index (κ3) is 11.7. The highest BCUT2D eigenvalue weighted by Gasteiger charge is 2.31. The van der Waals surface area contributed by atoms with E-state index < -0.39 is 47.5 Å². The Morgan fingerprint density at radius 1 is 0.760 bits per heavy atom. The predicted octanol–water partition coefficient (Wildman–Crippen LogP) is 3.51. The van der Waals surface area contributed by atoms with Crippen LogP contribution in [0.5, 0.6) is 0 Å². The van der Waals surface area contributed by atoms with Crippen LogP contribution in [0.1, 0.15) is 44.7 Å². The zero-order valence-corrected chi connectivity index (χ0v) is 28.6. The van der Waals surface area contributed by atoms with Gasteiger partial charge in [0.2, 0.25) is 17.7 Å². The lowest BCUT2D eigenvalue weighted by atomic mass is 10.0. The normalized spacial score (nSPS) is 12.9. The first-order valence-electron chi connectivity index (χ1n) is 16.5. The van der Waals surface area contributed by atoms with Crippen LogP contribution in [0.15, 0.2) is 96.1 Å². The van der Waals surface area contributed by atoms with Crippen molar-refractivity contribution in [3.63, 3.8) is 0 Å². The standard InChI is InChI=1S/C37H46N8O5/c1-37(2,3)50-36(49)45-29(19-12-20-40-35(38)39)32(46)44-31(22-25-23-41-28-18-11-10-17-27(25)28)34(48)43-30(21-24-13-6-4-7-14-24)33(47)42-26-15-8-5-9-16-26/h4-11,13-18,23,29-31,41H,12,19-22H2,1-3H3,(H,42,47)(H,43,48)(H,44,46)(H,45,49)(H4,38,39,40)/t29-,30-,31-/m0/s1. The van der Waals surface area contributed by atoms with Crippen LogP contribution in [0.2, 0.25) is 0 Å². The van der Waals surface area contributed by atoms with E-state index in [1.165, 1.54) is 0 Å². The van der Waals surface area contributed by atoms with Crippen molar-refractivity contribution in [2.24, 2.45) is 16.5 Å². The molecule has 0 bridgehead atoms. The molecule has 1 aromatic heterocycles. The van der Waals surface area contributed by atoms with E-state index in [1.807, 2.05) is 60.7 Å². The number of nitrogens with one attached hydrogen (secondary N) is 5. The third-order valence-corrected chi connectivity index (χ3v) is 7.64. The molecule has 0 fully saturated rings. The molecule has 4 amide bonds. The van der Waals surface area contributed by atoms with Crippen LogP contribution in [-0.4, -0.2) is 65.0 Å². The molecule has 264 valence electrons. The molecule has 1 heterocycles. The van der Waals surface area contributed by atoms with E-state index in [0.29, 0.717) is 12.1 Å². The number of benzene rings is 3. The number of H-pyrrole nitrogens is 1. The second kappa shape index (κ2) is 17.5. The van der Waals surface area contributed by atoms with E-state index in [9.17, 15) is 19.2 Å². The lowest BCUT2D eigenvalue weighted by Crippen LogP contribution is -2.57. The van der Waals surface area contributed by atoms with E-state index in [-0.39, 0.29) is 31.8 Å². The fourth-order valence-electron chi connectivity index (χ4n) is 5.31. The number of anilines is 1. The third-order valence-electron chi connectivity index (χ3n) is 7.64. The number of fused-ring (bicyclic) bond motifs is 1. The summed E-state index contributed by atoms with van der Waals surface area (Å²) in [6.45, 7) is 5.35. The molecule has 0 saturated carbocycles. The lowest BCUT2D eigenvalue weighted by Gasteiger charge is -2.26. The first-order chi connectivity index (χ1) is 23.9. The highest BCUT2D eigenvalue weighted by Crippen LogP contribution is 2.20. The summed E-state index contributed by atoms with van der Waals surface area (Å²) in [4.78, 5) is 61.7. The van der Waals surface area contributed by atoms with E-state index in [1.54, 1.807) is 51.2 Å². The van der Waals surface area contributed by atoms with Crippen LogP contribution in [0.4, 0.5) is 10.5 Å². The summed E-state index contributed by atoms with van der Waals surface area (Å²) in [5, 5.41) is 12.1. The van der Waals surface area contributed by atoms with Crippen LogP contribution >= 0.6 is 0 Å². The Morgan fingerprint density at radius 3 is 2.02 bits per heavy atom. The molecule has 0 aliphatic rings. The fraction of sp³-hybridized carbons (Fsp3) is 0.324. The van der Waals surface area contributed by atoms with Gasteiger partial charge >= 0.3 is 6.09 Å². The number of hydrogen-bond acceptors (Lipinski definition) is 6. The molecule has 50 heavy (non-hydrogen) atoms.